The molecule has 1 heterocycles. The lowest BCUT2D eigenvalue weighted by Crippen LogP contribution is -2.38. The van der Waals surface area contributed by atoms with Crippen LogP contribution in [0.2, 0.25) is 0 Å². The van der Waals surface area contributed by atoms with Crippen LogP contribution in [-0.2, 0) is 9.78 Å². The topological polar surface area (TPSA) is 38.7 Å². The lowest BCUT2D eigenvalue weighted by atomic mass is 9.66. The minimum Gasteiger partial charge on any atom is -0.396 e. The maximum atomic E-state index is 8.97. The molecule has 1 N–H and O–H groups in total. The lowest BCUT2D eigenvalue weighted by Gasteiger charge is -2.40. The lowest BCUT2D eigenvalue weighted by molar-refractivity contribution is -0.353. The van der Waals surface area contributed by atoms with Gasteiger partial charge in [0.1, 0.15) is 11.2 Å². The molecule has 1 saturated carbocycles. The zero-order valence-electron chi connectivity index (χ0n) is 13.0. The van der Waals surface area contributed by atoms with Crippen LogP contribution in [0.3, 0.4) is 0 Å². The monoisotopic (exact) mass is 270 g/mol. The molecule has 1 atom stereocenters. The van der Waals surface area contributed by atoms with Gasteiger partial charge < -0.3 is 5.11 Å². The SMILES string of the molecule is CC1(CCCO)CC2(CCC(C(C)(C)C)CC2)OO1. The molecule has 19 heavy (non-hydrogen) atoms. The molecule has 0 bridgehead atoms. The predicted molar refractivity (Wildman–Crippen MR) is 75.7 cm³/mol. The first kappa shape index (κ1) is 15.3. The smallest absolute Gasteiger partial charge is 0.106 e. The first-order valence-electron chi connectivity index (χ1n) is 7.76. The fraction of sp³-hybridized carbons (Fsp3) is 1.00. The summed E-state index contributed by atoms with van der Waals surface area (Å²) < 4.78 is 0. The van der Waals surface area contributed by atoms with E-state index in [1.54, 1.807) is 0 Å². The molecule has 0 amide bonds. The van der Waals surface area contributed by atoms with Crippen LogP contribution in [0.25, 0.3) is 0 Å². The van der Waals surface area contributed by atoms with E-state index < -0.39 is 0 Å². The van der Waals surface area contributed by atoms with Crippen molar-refractivity contribution >= 4 is 0 Å². The number of rotatable bonds is 3. The molecule has 1 saturated heterocycles. The van der Waals surface area contributed by atoms with Crippen molar-refractivity contribution < 1.29 is 14.9 Å². The molecule has 2 rings (SSSR count). The van der Waals surface area contributed by atoms with Crippen LogP contribution in [0, 0.1) is 11.3 Å². The predicted octanol–water partition coefficient (Wildman–Crippen LogP) is 3.84. The van der Waals surface area contributed by atoms with Crippen LogP contribution >= 0.6 is 0 Å². The van der Waals surface area contributed by atoms with E-state index in [-0.39, 0.29) is 17.8 Å². The third-order valence-corrected chi connectivity index (χ3v) is 5.10. The van der Waals surface area contributed by atoms with E-state index in [1.165, 1.54) is 12.8 Å². The summed E-state index contributed by atoms with van der Waals surface area (Å²) in [5.74, 6) is 0.797. The number of aliphatic hydroxyl groups is 1. The molecule has 2 fully saturated rings. The highest BCUT2D eigenvalue weighted by atomic mass is 17.2. The molecule has 0 aromatic heterocycles. The zero-order chi connectivity index (χ0) is 14.1. The average molecular weight is 270 g/mol. The second-order valence-corrected chi connectivity index (χ2v) is 7.94. The summed E-state index contributed by atoms with van der Waals surface area (Å²) in [6, 6.07) is 0. The summed E-state index contributed by atoms with van der Waals surface area (Å²) in [6.07, 6.45) is 7.37. The largest absolute Gasteiger partial charge is 0.396 e. The maximum absolute atomic E-state index is 8.97. The van der Waals surface area contributed by atoms with Gasteiger partial charge in [0.25, 0.3) is 0 Å². The van der Waals surface area contributed by atoms with Gasteiger partial charge >= 0.3 is 0 Å². The van der Waals surface area contributed by atoms with Gasteiger partial charge in [-0.15, -0.1) is 0 Å². The van der Waals surface area contributed by atoms with Gasteiger partial charge in [0.05, 0.1) is 0 Å². The van der Waals surface area contributed by atoms with Crippen molar-refractivity contribution in [1.29, 1.82) is 0 Å². The molecule has 3 heteroatoms. The minimum atomic E-state index is -0.197. The van der Waals surface area contributed by atoms with Gasteiger partial charge in [-0.05, 0) is 56.8 Å². The normalized spacial score (nSPS) is 39.9. The fourth-order valence-corrected chi connectivity index (χ4v) is 3.78. The number of aliphatic hydroxyl groups excluding tert-OH is 1. The first-order valence-corrected chi connectivity index (χ1v) is 7.76. The summed E-state index contributed by atoms with van der Waals surface area (Å²) in [5.41, 5.74) is 0.157. The van der Waals surface area contributed by atoms with Gasteiger partial charge in [0.2, 0.25) is 0 Å². The molecule has 1 unspecified atom stereocenters. The molecule has 1 aliphatic carbocycles. The van der Waals surface area contributed by atoms with Crippen LogP contribution in [0.4, 0.5) is 0 Å². The Bertz CT molecular complexity index is 300. The second-order valence-electron chi connectivity index (χ2n) is 7.94. The van der Waals surface area contributed by atoms with E-state index in [0.29, 0.717) is 5.41 Å². The van der Waals surface area contributed by atoms with Crippen molar-refractivity contribution in [2.75, 3.05) is 6.61 Å². The Kier molecular flexibility index (Phi) is 4.29. The van der Waals surface area contributed by atoms with Crippen LogP contribution in [-0.4, -0.2) is 22.9 Å². The molecular weight excluding hydrogens is 240 g/mol. The van der Waals surface area contributed by atoms with Gasteiger partial charge in [0.15, 0.2) is 0 Å². The van der Waals surface area contributed by atoms with E-state index in [2.05, 4.69) is 27.7 Å². The molecular formula is C16H30O3. The number of hydrogen-bond acceptors (Lipinski definition) is 3. The Balaban J connectivity index is 1.90. The molecule has 0 aromatic carbocycles. The summed E-state index contributed by atoms with van der Waals surface area (Å²) >= 11 is 0. The molecule has 0 aromatic rings. The van der Waals surface area contributed by atoms with Crippen molar-refractivity contribution in [3.05, 3.63) is 0 Å². The highest BCUT2D eigenvalue weighted by Gasteiger charge is 2.51. The summed E-state index contributed by atoms with van der Waals surface area (Å²) in [5, 5.41) is 8.97. The van der Waals surface area contributed by atoms with E-state index in [9.17, 15) is 0 Å². The number of hydrogen-bond donors (Lipinski definition) is 1. The van der Waals surface area contributed by atoms with E-state index in [0.717, 1.165) is 38.0 Å². The van der Waals surface area contributed by atoms with Crippen molar-refractivity contribution in [2.45, 2.75) is 83.8 Å². The van der Waals surface area contributed by atoms with Crippen molar-refractivity contribution in [1.82, 2.24) is 0 Å². The Morgan fingerprint density at radius 1 is 1.16 bits per heavy atom. The Morgan fingerprint density at radius 2 is 1.79 bits per heavy atom. The Morgan fingerprint density at radius 3 is 2.32 bits per heavy atom. The minimum absolute atomic E-state index is 0.0496. The Hall–Kier alpha value is -0.120. The van der Waals surface area contributed by atoms with E-state index in [1.807, 2.05) is 0 Å². The standard InChI is InChI=1S/C16H30O3/c1-14(2,3)13-6-9-16(10-7-13)12-15(4,18-19-16)8-5-11-17/h13,17H,5-12H2,1-4H3. The molecule has 1 aliphatic heterocycles. The third-order valence-electron chi connectivity index (χ3n) is 5.10. The second kappa shape index (κ2) is 5.34. The molecule has 2 aliphatic rings. The van der Waals surface area contributed by atoms with Gasteiger partial charge in [-0.1, -0.05) is 20.8 Å². The van der Waals surface area contributed by atoms with Gasteiger partial charge in [-0.25, -0.2) is 9.78 Å². The highest BCUT2D eigenvalue weighted by Crippen LogP contribution is 2.50. The zero-order valence-corrected chi connectivity index (χ0v) is 13.0. The molecule has 112 valence electrons. The maximum Gasteiger partial charge on any atom is 0.106 e. The van der Waals surface area contributed by atoms with Crippen molar-refractivity contribution in [2.24, 2.45) is 11.3 Å². The average Bonchev–Trinajstić information content (AvgIpc) is 2.64. The third kappa shape index (κ3) is 3.50. The quantitative estimate of drug-likeness (QED) is 0.792. The van der Waals surface area contributed by atoms with Gasteiger partial charge in [-0.2, -0.15) is 0 Å². The van der Waals surface area contributed by atoms with Crippen LogP contribution in [0.5, 0.6) is 0 Å². The summed E-state index contributed by atoms with van der Waals surface area (Å²) in [7, 11) is 0. The Labute approximate surface area is 117 Å². The van der Waals surface area contributed by atoms with E-state index in [4.69, 9.17) is 14.9 Å². The van der Waals surface area contributed by atoms with Gasteiger partial charge in [-0.3, -0.25) is 0 Å². The van der Waals surface area contributed by atoms with Crippen LogP contribution in [0.1, 0.15) is 72.6 Å². The van der Waals surface area contributed by atoms with Crippen molar-refractivity contribution in [3.63, 3.8) is 0 Å². The first-order chi connectivity index (χ1) is 8.79. The molecule has 1 spiro atoms. The fourth-order valence-electron chi connectivity index (χ4n) is 3.78. The van der Waals surface area contributed by atoms with Crippen molar-refractivity contribution in [3.8, 4) is 0 Å². The summed E-state index contributed by atoms with van der Waals surface area (Å²) in [6.45, 7) is 9.37. The van der Waals surface area contributed by atoms with Crippen LogP contribution in [0.15, 0.2) is 0 Å². The van der Waals surface area contributed by atoms with Crippen LogP contribution < -0.4 is 0 Å². The van der Waals surface area contributed by atoms with Gasteiger partial charge in [0, 0.05) is 13.0 Å². The summed E-state index contributed by atoms with van der Waals surface area (Å²) in [4.78, 5) is 11.4. The highest BCUT2D eigenvalue weighted by molar-refractivity contribution is 4.97. The molecule has 3 nitrogen and oxygen atoms in total. The molecule has 0 radical (unpaired) electrons. The van der Waals surface area contributed by atoms with E-state index >= 15 is 0 Å².